The monoisotopic (exact) mass is 290 g/mol. The summed E-state index contributed by atoms with van der Waals surface area (Å²) in [5.74, 6) is -0.0906. The predicted molar refractivity (Wildman–Crippen MR) is 81.7 cm³/mol. The highest BCUT2D eigenvalue weighted by molar-refractivity contribution is 5.99. The van der Waals surface area contributed by atoms with E-state index in [2.05, 4.69) is 0 Å². The zero-order valence-corrected chi connectivity index (χ0v) is 12.8. The van der Waals surface area contributed by atoms with Crippen molar-refractivity contribution in [2.24, 2.45) is 5.73 Å². The number of aryl methyl sites for hydroxylation is 1. The average molecular weight is 290 g/mol. The van der Waals surface area contributed by atoms with Gasteiger partial charge in [0, 0.05) is 12.1 Å². The maximum Gasteiger partial charge on any atom is 0.414 e. The minimum absolute atomic E-state index is 0.00539. The van der Waals surface area contributed by atoms with E-state index in [-0.39, 0.29) is 18.4 Å². The molecule has 0 saturated heterocycles. The molecule has 5 nitrogen and oxygen atoms in total. The molecule has 2 rings (SSSR count). The molecule has 1 amide bonds. The zero-order valence-electron chi connectivity index (χ0n) is 12.8. The summed E-state index contributed by atoms with van der Waals surface area (Å²) in [4.78, 5) is 25.6. The molecule has 0 aliphatic carbocycles. The first kappa shape index (κ1) is 15.5. The highest BCUT2D eigenvalue weighted by Crippen LogP contribution is 2.29. The van der Waals surface area contributed by atoms with Gasteiger partial charge in [0.1, 0.15) is 5.60 Å². The lowest BCUT2D eigenvalue weighted by molar-refractivity contribution is 0.0577. The Labute approximate surface area is 125 Å². The molecule has 0 atom stereocenters. The van der Waals surface area contributed by atoms with E-state index in [1.165, 1.54) is 0 Å². The van der Waals surface area contributed by atoms with E-state index < -0.39 is 5.60 Å². The number of anilines is 1. The van der Waals surface area contributed by atoms with Gasteiger partial charge in [0.15, 0.2) is 5.78 Å². The van der Waals surface area contributed by atoms with E-state index >= 15 is 0 Å². The van der Waals surface area contributed by atoms with E-state index in [4.69, 9.17) is 10.5 Å². The van der Waals surface area contributed by atoms with Crippen LogP contribution in [0, 0.1) is 0 Å². The number of benzene rings is 1. The number of fused-ring (bicyclic) bond motifs is 1. The third kappa shape index (κ3) is 3.61. The number of ketones is 1. The second-order valence-corrected chi connectivity index (χ2v) is 6.21. The number of ether oxygens (including phenoxy) is 1. The number of hydrogen-bond donors (Lipinski definition) is 1. The largest absolute Gasteiger partial charge is 0.443 e. The Hall–Kier alpha value is -1.88. The van der Waals surface area contributed by atoms with Crippen molar-refractivity contribution < 1.29 is 14.3 Å². The van der Waals surface area contributed by atoms with Gasteiger partial charge in [-0.05, 0) is 57.4 Å². The molecule has 1 aliphatic heterocycles. The normalized spacial score (nSPS) is 14.6. The van der Waals surface area contributed by atoms with Crippen LogP contribution in [0.3, 0.4) is 0 Å². The van der Waals surface area contributed by atoms with Crippen LogP contribution in [0.2, 0.25) is 0 Å². The van der Waals surface area contributed by atoms with E-state index in [1.807, 2.05) is 26.8 Å². The Bertz CT molecular complexity index is 561. The lowest BCUT2D eigenvalue weighted by Crippen LogP contribution is -2.39. The topological polar surface area (TPSA) is 72.6 Å². The van der Waals surface area contributed by atoms with Crippen LogP contribution >= 0.6 is 0 Å². The first-order valence-corrected chi connectivity index (χ1v) is 7.18. The smallest absolute Gasteiger partial charge is 0.414 e. The summed E-state index contributed by atoms with van der Waals surface area (Å²) in [5.41, 5.74) is 7.28. The molecule has 0 unspecified atom stereocenters. The fraction of sp³-hybridized carbons (Fsp3) is 0.500. The lowest BCUT2D eigenvalue weighted by Gasteiger charge is -2.31. The van der Waals surface area contributed by atoms with Crippen LogP contribution < -0.4 is 10.6 Å². The standard InChI is InChI=1S/C16H22N2O3/c1-16(2,3)21-15(20)18-8-4-5-11-9-12(14(19)10-17)6-7-13(11)18/h6-7,9H,4-5,8,10,17H2,1-3H3. The minimum atomic E-state index is -0.524. The van der Waals surface area contributed by atoms with Gasteiger partial charge in [-0.1, -0.05) is 0 Å². The van der Waals surface area contributed by atoms with E-state index in [9.17, 15) is 9.59 Å². The molecule has 21 heavy (non-hydrogen) atoms. The number of hydrogen-bond acceptors (Lipinski definition) is 4. The predicted octanol–water partition coefficient (Wildman–Crippen LogP) is 2.52. The van der Waals surface area contributed by atoms with E-state index in [0.717, 1.165) is 24.1 Å². The number of nitrogens with zero attached hydrogens (tertiary/aromatic N) is 1. The second-order valence-electron chi connectivity index (χ2n) is 6.21. The van der Waals surface area contributed by atoms with Gasteiger partial charge in [-0.3, -0.25) is 9.69 Å². The SMILES string of the molecule is CC(C)(C)OC(=O)N1CCCc2cc(C(=O)CN)ccc21. The Kier molecular flexibility index (Phi) is 4.32. The van der Waals surface area contributed by atoms with Crippen LogP contribution in [0.4, 0.5) is 10.5 Å². The average Bonchev–Trinajstić information content (AvgIpc) is 2.43. The Morgan fingerprint density at radius 2 is 2.05 bits per heavy atom. The van der Waals surface area contributed by atoms with Gasteiger partial charge in [-0.15, -0.1) is 0 Å². The highest BCUT2D eigenvalue weighted by Gasteiger charge is 2.27. The molecule has 114 valence electrons. The first-order chi connectivity index (χ1) is 9.81. The lowest BCUT2D eigenvalue weighted by atomic mass is 9.98. The van der Waals surface area contributed by atoms with Crippen molar-refractivity contribution >= 4 is 17.6 Å². The number of Topliss-reactive ketones (excluding diaryl/α,β-unsaturated/α-hetero) is 1. The molecule has 1 heterocycles. The van der Waals surface area contributed by atoms with Crippen LogP contribution in [-0.2, 0) is 11.2 Å². The van der Waals surface area contributed by atoms with Crippen molar-refractivity contribution in [2.75, 3.05) is 18.0 Å². The molecule has 0 aromatic heterocycles. The molecule has 1 aromatic rings. The van der Waals surface area contributed by atoms with Crippen molar-refractivity contribution in [3.8, 4) is 0 Å². The van der Waals surface area contributed by atoms with Crippen molar-refractivity contribution in [1.29, 1.82) is 0 Å². The fourth-order valence-corrected chi connectivity index (χ4v) is 2.40. The second kappa shape index (κ2) is 5.85. The maximum atomic E-state index is 12.3. The third-order valence-electron chi connectivity index (χ3n) is 3.32. The molecule has 5 heteroatoms. The van der Waals surface area contributed by atoms with Gasteiger partial charge in [-0.25, -0.2) is 4.79 Å². The van der Waals surface area contributed by atoms with E-state index in [0.29, 0.717) is 12.1 Å². The van der Waals surface area contributed by atoms with Crippen molar-refractivity contribution in [2.45, 2.75) is 39.2 Å². The summed E-state index contributed by atoms with van der Waals surface area (Å²) >= 11 is 0. The molecular formula is C16H22N2O3. The maximum absolute atomic E-state index is 12.3. The molecular weight excluding hydrogens is 268 g/mol. The minimum Gasteiger partial charge on any atom is -0.443 e. The summed E-state index contributed by atoms with van der Waals surface area (Å²) in [6.07, 6.45) is 1.36. The van der Waals surface area contributed by atoms with Crippen LogP contribution in [0.25, 0.3) is 0 Å². The van der Waals surface area contributed by atoms with Gasteiger partial charge < -0.3 is 10.5 Å². The van der Waals surface area contributed by atoms with Crippen molar-refractivity contribution in [1.82, 2.24) is 0 Å². The van der Waals surface area contributed by atoms with Crippen molar-refractivity contribution in [3.05, 3.63) is 29.3 Å². The number of carbonyl (C=O) groups is 2. The van der Waals surface area contributed by atoms with Gasteiger partial charge in [0.25, 0.3) is 0 Å². The highest BCUT2D eigenvalue weighted by atomic mass is 16.6. The summed E-state index contributed by atoms with van der Waals surface area (Å²) in [7, 11) is 0. The molecule has 1 aliphatic rings. The molecule has 0 bridgehead atoms. The van der Waals surface area contributed by atoms with Crippen molar-refractivity contribution in [3.63, 3.8) is 0 Å². The van der Waals surface area contributed by atoms with Crippen LogP contribution in [0.1, 0.15) is 43.1 Å². The molecule has 2 N–H and O–H groups in total. The number of rotatable bonds is 2. The summed E-state index contributed by atoms with van der Waals surface area (Å²) in [5, 5.41) is 0. The first-order valence-electron chi connectivity index (χ1n) is 7.18. The molecule has 0 spiro atoms. The zero-order chi connectivity index (χ0) is 15.6. The van der Waals surface area contributed by atoms with Gasteiger partial charge >= 0.3 is 6.09 Å². The van der Waals surface area contributed by atoms with E-state index in [1.54, 1.807) is 17.0 Å². The van der Waals surface area contributed by atoms with Crippen LogP contribution in [0.15, 0.2) is 18.2 Å². The van der Waals surface area contributed by atoms with Crippen LogP contribution in [0.5, 0.6) is 0 Å². The van der Waals surface area contributed by atoms with Gasteiger partial charge in [0.05, 0.1) is 12.2 Å². The summed E-state index contributed by atoms with van der Waals surface area (Å²) in [6.45, 7) is 6.16. The van der Waals surface area contributed by atoms with Gasteiger partial charge in [0.2, 0.25) is 0 Å². The number of amides is 1. The Morgan fingerprint density at radius 3 is 2.67 bits per heavy atom. The quantitative estimate of drug-likeness (QED) is 0.849. The number of nitrogens with two attached hydrogens (primary N) is 1. The Balaban J connectivity index is 2.28. The molecule has 0 fully saturated rings. The summed E-state index contributed by atoms with van der Waals surface area (Å²) < 4.78 is 5.43. The van der Waals surface area contributed by atoms with Crippen LogP contribution in [-0.4, -0.2) is 30.6 Å². The molecule has 0 radical (unpaired) electrons. The summed E-state index contributed by atoms with van der Waals surface area (Å²) in [6, 6.07) is 5.36. The van der Waals surface area contributed by atoms with Gasteiger partial charge in [-0.2, -0.15) is 0 Å². The fourth-order valence-electron chi connectivity index (χ4n) is 2.40. The third-order valence-corrected chi connectivity index (χ3v) is 3.32. The number of carbonyl (C=O) groups excluding carboxylic acids is 2. The Morgan fingerprint density at radius 1 is 1.33 bits per heavy atom. The molecule has 0 saturated carbocycles. The molecule has 1 aromatic carbocycles.